The molecule has 214 valence electrons. The van der Waals surface area contributed by atoms with E-state index in [1.165, 1.54) is 93.1 Å². The zero-order valence-electron chi connectivity index (χ0n) is 25.0. The van der Waals surface area contributed by atoms with E-state index >= 15 is 0 Å². The maximum Gasteiger partial charge on any atom is 0.0619 e. The fourth-order valence-electron chi connectivity index (χ4n) is 7.53. The molecule has 0 aliphatic rings. The molecule has 10 rings (SSSR count). The van der Waals surface area contributed by atoms with Gasteiger partial charge in [0.1, 0.15) is 0 Å². The number of aromatic amines is 1. The molecule has 0 saturated heterocycles. The van der Waals surface area contributed by atoms with Gasteiger partial charge in [-0.05, 0) is 93.0 Å². The van der Waals surface area contributed by atoms with E-state index in [0.29, 0.717) is 0 Å². The highest BCUT2D eigenvalue weighted by molar-refractivity contribution is 6.22. The van der Waals surface area contributed by atoms with Crippen LogP contribution in [0, 0.1) is 0 Å². The van der Waals surface area contributed by atoms with Gasteiger partial charge in [0, 0.05) is 43.7 Å². The first-order chi connectivity index (χ1) is 22.8. The van der Waals surface area contributed by atoms with Crippen molar-refractivity contribution in [2.45, 2.75) is 0 Å². The van der Waals surface area contributed by atoms with E-state index < -0.39 is 0 Å². The largest absolute Gasteiger partial charge is 0.355 e. The Morgan fingerprint density at radius 2 is 0.978 bits per heavy atom. The van der Waals surface area contributed by atoms with Crippen LogP contribution in [0.25, 0.3) is 93.1 Å². The molecular weight excluding hydrogens is 556 g/mol. The Morgan fingerprint density at radius 1 is 0.370 bits per heavy atom. The van der Waals surface area contributed by atoms with Crippen LogP contribution in [0.2, 0.25) is 0 Å². The molecule has 0 atom stereocenters. The lowest BCUT2D eigenvalue weighted by Gasteiger charge is -2.13. The molecule has 0 saturated carbocycles. The molecule has 8 aromatic carbocycles. The number of hydrogen-bond acceptors (Lipinski definition) is 0. The van der Waals surface area contributed by atoms with Crippen LogP contribution < -0.4 is 0 Å². The first-order valence-electron chi connectivity index (χ1n) is 15.9. The molecule has 2 heteroatoms. The van der Waals surface area contributed by atoms with Crippen molar-refractivity contribution in [1.29, 1.82) is 0 Å². The summed E-state index contributed by atoms with van der Waals surface area (Å²) in [5.41, 5.74) is 11.0. The Morgan fingerprint density at radius 3 is 1.83 bits per heavy atom. The lowest BCUT2D eigenvalue weighted by molar-refractivity contribution is 1.19. The summed E-state index contributed by atoms with van der Waals surface area (Å²) in [6.45, 7) is 0. The summed E-state index contributed by atoms with van der Waals surface area (Å²) in [7, 11) is 0. The van der Waals surface area contributed by atoms with Gasteiger partial charge in [-0.2, -0.15) is 0 Å². The summed E-state index contributed by atoms with van der Waals surface area (Å²) in [6.07, 6.45) is 0. The third-order valence-corrected chi connectivity index (χ3v) is 9.68. The Bertz CT molecular complexity index is 2800. The third-order valence-electron chi connectivity index (χ3n) is 9.68. The number of rotatable bonds is 3. The predicted octanol–water partition coefficient (Wildman–Crippen LogP) is 12.1. The zero-order chi connectivity index (χ0) is 30.2. The second kappa shape index (κ2) is 9.69. The molecule has 0 amide bonds. The van der Waals surface area contributed by atoms with Crippen LogP contribution in [0.15, 0.2) is 164 Å². The maximum atomic E-state index is 3.55. The van der Waals surface area contributed by atoms with Crippen molar-refractivity contribution in [2.24, 2.45) is 0 Å². The summed E-state index contributed by atoms with van der Waals surface area (Å²) in [6, 6.07) is 59.8. The molecule has 2 nitrogen and oxygen atoms in total. The second-order valence-corrected chi connectivity index (χ2v) is 12.3. The van der Waals surface area contributed by atoms with Gasteiger partial charge in [-0.25, -0.2) is 0 Å². The van der Waals surface area contributed by atoms with E-state index in [1.807, 2.05) is 0 Å². The van der Waals surface area contributed by atoms with Crippen LogP contribution in [-0.4, -0.2) is 9.55 Å². The van der Waals surface area contributed by atoms with Gasteiger partial charge in [-0.3, -0.25) is 0 Å². The fourth-order valence-corrected chi connectivity index (χ4v) is 7.53. The molecule has 0 radical (unpaired) electrons. The number of H-pyrrole nitrogens is 1. The molecule has 2 aromatic heterocycles. The second-order valence-electron chi connectivity index (χ2n) is 12.3. The van der Waals surface area contributed by atoms with E-state index in [0.717, 1.165) is 0 Å². The van der Waals surface area contributed by atoms with Crippen LogP contribution >= 0.6 is 0 Å². The minimum atomic E-state index is 1.17. The highest BCUT2D eigenvalue weighted by Gasteiger charge is 2.18. The maximum absolute atomic E-state index is 3.55. The van der Waals surface area contributed by atoms with Gasteiger partial charge in [-0.1, -0.05) is 109 Å². The number of para-hydroxylation sites is 3. The topological polar surface area (TPSA) is 20.7 Å². The molecule has 0 aliphatic heterocycles. The van der Waals surface area contributed by atoms with Crippen molar-refractivity contribution in [3.63, 3.8) is 0 Å². The molecule has 2 heterocycles. The van der Waals surface area contributed by atoms with E-state index in [-0.39, 0.29) is 0 Å². The molecule has 1 N–H and O–H groups in total. The summed E-state index contributed by atoms with van der Waals surface area (Å²) >= 11 is 0. The van der Waals surface area contributed by atoms with Crippen LogP contribution in [0.4, 0.5) is 0 Å². The van der Waals surface area contributed by atoms with Crippen molar-refractivity contribution in [1.82, 2.24) is 9.55 Å². The van der Waals surface area contributed by atoms with Crippen LogP contribution in [0.3, 0.4) is 0 Å². The van der Waals surface area contributed by atoms with Crippen molar-refractivity contribution >= 4 is 65.2 Å². The molecule has 10 aromatic rings. The van der Waals surface area contributed by atoms with Gasteiger partial charge in [0.05, 0.1) is 11.0 Å². The third kappa shape index (κ3) is 3.71. The van der Waals surface area contributed by atoms with Gasteiger partial charge >= 0.3 is 0 Å². The first-order valence-corrected chi connectivity index (χ1v) is 15.9. The molecule has 0 fully saturated rings. The lowest BCUT2D eigenvalue weighted by Crippen LogP contribution is -1.94. The molecule has 0 aliphatic carbocycles. The Kier molecular flexibility index (Phi) is 5.31. The first kappa shape index (κ1) is 25.2. The van der Waals surface area contributed by atoms with Crippen LogP contribution in [0.5, 0.6) is 0 Å². The summed E-state index contributed by atoms with van der Waals surface area (Å²) in [5.74, 6) is 0. The quantitative estimate of drug-likeness (QED) is 0.213. The normalized spacial score (nSPS) is 11.9. The summed E-state index contributed by atoms with van der Waals surface area (Å²) < 4.78 is 2.42. The van der Waals surface area contributed by atoms with Crippen molar-refractivity contribution in [3.8, 4) is 27.9 Å². The number of nitrogens with one attached hydrogen (secondary N) is 1. The monoisotopic (exact) mass is 584 g/mol. The minimum Gasteiger partial charge on any atom is -0.355 e. The smallest absolute Gasteiger partial charge is 0.0619 e. The Labute approximate surface area is 265 Å². The van der Waals surface area contributed by atoms with E-state index in [4.69, 9.17) is 0 Å². The molecule has 0 unspecified atom stereocenters. The lowest BCUT2D eigenvalue weighted by atomic mass is 9.93. The van der Waals surface area contributed by atoms with Gasteiger partial charge < -0.3 is 9.55 Å². The summed E-state index contributed by atoms with van der Waals surface area (Å²) in [5, 5.41) is 10.1. The van der Waals surface area contributed by atoms with Crippen molar-refractivity contribution in [2.75, 3.05) is 0 Å². The van der Waals surface area contributed by atoms with E-state index in [1.54, 1.807) is 0 Å². The average Bonchev–Trinajstić information content (AvgIpc) is 3.67. The highest BCUT2D eigenvalue weighted by Crippen LogP contribution is 2.42. The highest BCUT2D eigenvalue weighted by atomic mass is 15.0. The SMILES string of the molecule is c1ccc(-n2c3ccccc3c3cc(-c4ccc5cc(-c6ccc7[nH]c8ccccc8c7c6)ccc5c4)c4ccccc4c32)cc1. The van der Waals surface area contributed by atoms with Gasteiger partial charge in [0.25, 0.3) is 0 Å². The molecule has 0 bridgehead atoms. The fraction of sp³-hybridized carbons (Fsp3) is 0. The number of benzene rings is 8. The number of aromatic nitrogens is 2. The van der Waals surface area contributed by atoms with Crippen LogP contribution in [0.1, 0.15) is 0 Å². The van der Waals surface area contributed by atoms with Gasteiger partial charge in [0.15, 0.2) is 0 Å². The van der Waals surface area contributed by atoms with Crippen molar-refractivity contribution in [3.05, 3.63) is 164 Å². The number of fused-ring (bicyclic) bond motifs is 9. The number of nitrogens with zero attached hydrogens (tertiary/aromatic N) is 1. The predicted molar refractivity (Wildman–Crippen MR) is 196 cm³/mol. The van der Waals surface area contributed by atoms with Gasteiger partial charge in [-0.15, -0.1) is 0 Å². The van der Waals surface area contributed by atoms with E-state index in [9.17, 15) is 0 Å². The summed E-state index contributed by atoms with van der Waals surface area (Å²) in [4.78, 5) is 3.55. The minimum absolute atomic E-state index is 1.17. The average molecular weight is 585 g/mol. The molecule has 0 spiro atoms. The zero-order valence-corrected chi connectivity index (χ0v) is 25.0. The number of hydrogen-bond donors (Lipinski definition) is 1. The van der Waals surface area contributed by atoms with E-state index in [2.05, 4.69) is 173 Å². The Balaban J connectivity index is 1.15. The van der Waals surface area contributed by atoms with Crippen molar-refractivity contribution < 1.29 is 0 Å². The molecular formula is C44H28N2. The Hall–Kier alpha value is -6.12. The standard InChI is InChI=1S/C44H28N2/c1-2-10-33(11-3-1)46-43-17-9-7-14-36(43)40-27-38(34-12-4-5-15-37(34)44(40)46)32-21-20-28-24-29(18-19-30(28)25-32)31-22-23-42-39(26-31)35-13-6-8-16-41(35)45-42/h1-27,45H. The molecule has 46 heavy (non-hydrogen) atoms. The van der Waals surface area contributed by atoms with Crippen LogP contribution in [-0.2, 0) is 0 Å². The van der Waals surface area contributed by atoms with Gasteiger partial charge in [0.2, 0.25) is 0 Å².